The summed E-state index contributed by atoms with van der Waals surface area (Å²) in [5.74, 6) is 1.37. The van der Waals surface area contributed by atoms with Crippen molar-refractivity contribution in [1.82, 2.24) is 29.9 Å². The maximum Gasteiger partial charge on any atom is 0.274 e. The number of nitrogens with one attached hydrogen (secondary N) is 1. The molecule has 8 heteroatoms. The van der Waals surface area contributed by atoms with E-state index in [9.17, 15) is 9.59 Å². The van der Waals surface area contributed by atoms with Crippen molar-refractivity contribution >= 4 is 16.7 Å². The predicted molar refractivity (Wildman–Crippen MR) is 86.5 cm³/mol. The van der Waals surface area contributed by atoms with Crippen LogP contribution in [0, 0.1) is 0 Å². The molecule has 0 atom stereocenters. The fourth-order valence-corrected chi connectivity index (χ4v) is 3.05. The minimum absolute atomic E-state index is 0.225. The summed E-state index contributed by atoms with van der Waals surface area (Å²) in [5, 5.41) is 16.2. The second kappa shape index (κ2) is 5.55. The lowest BCUT2D eigenvalue weighted by atomic mass is 10.1. The third kappa shape index (κ3) is 2.27. The summed E-state index contributed by atoms with van der Waals surface area (Å²) in [7, 11) is 1.54. The zero-order valence-corrected chi connectivity index (χ0v) is 13.2. The van der Waals surface area contributed by atoms with Crippen molar-refractivity contribution in [2.75, 3.05) is 0 Å². The van der Waals surface area contributed by atoms with Gasteiger partial charge in [-0.2, -0.15) is 5.10 Å². The van der Waals surface area contributed by atoms with E-state index in [1.54, 1.807) is 24.3 Å². The average molecular weight is 324 g/mol. The van der Waals surface area contributed by atoms with Crippen LogP contribution >= 0.6 is 0 Å². The Bertz CT molecular complexity index is 1000. The zero-order valence-electron chi connectivity index (χ0n) is 13.2. The third-order valence-corrected chi connectivity index (χ3v) is 4.26. The van der Waals surface area contributed by atoms with E-state index >= 15 is 0 Å². The Morgan fingerprint density at radius 3 is 2.88 bits per heavy atom. The lowest BCUT2D eigenvalue weighted by Gasteiger charge is -2.09. The maximum atomic E-state index is 12.6. The van der Waals surface area contributed by atoms with E-state index < -0.39 is 0 Å². The molecular formula is C16H16N6O2. The Kier molecular flexibility index (Phi) is 3.37. The van der Waals surface area contributed by atoms with Gasteiger partial charge in [-0.15, -0.1) is 10.2 Å². The van der Waals surface area contributed by atoms with Gasteiger partial charge in [0.1, 0.15) is 5.82 Å². The number of benzene rings is 1. The third-order valence-electron chi connectivity index (χ3n) is 4.26. The van der Waals surface area contributed by atoms with E-state index in [1.807, 2.05) is 4.57 Å². The molecule has 0 unspecified atom stereocenters. The first-order chi connectivity index (χ1) is 11.6. The van der Waals surface area contributed by atoms with Crippen LogP contribution in [0.5, 0.6) is 0 Å². The largest absolute Gasteiger partial charge is 0.343 e. The van der Waals surface area contributed by atoms with E-state index in [0.29, 0.717) is 10.8 Å². The first-order valence-electron chi connectivity index (χ1n) is 7.80. The first-order valence-corrected chi connectivity index (χ1v) is 7.80. The monoisotopic (exact) mass is 324 g/mol. The highest BCUT2D eigenvalue weighted by atomic mass is 16.2. The highest BCUT2D eigenvalue weighted by molar-refractivity contribution is 6.04. The number of carbonyl (C=O) groups is 1. The highest BCUT2D eigenvalue weighted by Crippen LogP contribution is 2.15. The zero-order chi connectivity index (χ0) is 16.7. The van der Waals surface area contributed by atoms with Gasteiger partial charge in [0.05, 0.1) is 11.9 Å². The van der Waals surface area contributed by atoms with E-state index in [4.69, 9.17) is 0 Å². The van der Waals surface area contributed by atoms with Gasteiger partial charge in [-0.05, 0) is 12.5 Å². The average Bonchev–Trinajstić information content (AvgIpc) is 3.20. The fraction of sp³-hybridized carbons (Fsp3) is 0.312. The molecule has 3 aromatic rings. The predicted octanol–water partition coefficient (Wildman–Crippen LogP) is 0.401. The topological polar surface area (TPSA) is 94.7 Å². The van der Waals surface area contributed by atoms with Gasteiger partial charge >= 0.3 is 0 Å². The lowest BCUT2D eigenvalue weighted by molar-refractivity contribution is 0.0944. The van der Waals surface area contributed by atoms with Gasteiger partial charge in [-0.1, -0.05) is 18.2 Å². The number of aryl methyl sites for hydroxylation is 2. The molecule has 2 aromatic heterocycles. The van der Waals surface area contributed by atoms with Crippen molar-refractivity contribution in [3.8, 4) is 0 Å². The Morgan fingerprint density at radius 1 is 1.25 bits per heavy atom. The van der Waals surface area contributed by atoms with Gasteiger partial charge in [0.25, 0.3) is 11.5 Å². The molecule has 3 heterocycles. The van der Waals surface area contributed by atoms with Gasteiger partial charge in [0.2, 0.25) is 0 Å². The van der Waals surface area contributed by atoms with Crippen LogP contribution in [0.3, 0.4) is 0 Å². The number of rotatable bonds is 3. The molecule has 0 radical (unpaired) electrons. The second-order valence-corrected chi connectivity index (χ2v) is 5.79. The summed E-state index contributed by atoms with van der Waals surface area (Å²) in [6.45, 7) is 1.17. The molecule has 0 saturated carbocycles. The molecule has 1 aromatic carbocycles. The number of fused-ring (bicyclic) bond motifs is 2. The van der Waals surface area contributed by atoms with Crippen LogP contribution in [0.4, 0.5) is 0 Å². The summed E-state index contributed by atoms with van der Waals surface area (Å²) in [6, 6.07) is 6.98. The maximum absolute atomic E-state index is 12.6. The number of amides is 1. The molecule has 1 amide bonds. The van der Waals surface area contributed by atoms with Crippen molar-refractivity contribution in [1.29, 1.82) is 0 Å². The Labute approximate surface area is 137 Å². The normalized spacial score (nSPS) is 13.2. The van der Waals surface area contributed by atoms with Crippen molar-refractivity contribution < 1.29 is 4.79 Å². The van der Waals surface area contributed by atoms with E-state index in [-0.39, 0.29) is 23.7 Å². The van der Waals surface area contributed by atoms with Crippen LogP contribution < -0.4 is 10.9 Å². The summed E-state index contributed by atoms with van der Waals surface area (Å²) in [5.41, 5.74) is 0.00582. The lowest BCUT2D eigenvalue weighted by Crippen LogP contribution is -2.30. The Morgan fingerprint density at radius 2 is 2.04 bits per heavy atom. The van der Waals surface area contributed by atoms with E-state index in [0.717, 1.165) is 31.0 Å². The SMILES string of the molecule is Cn1nc(C(=O)NCc2nnc3n2CCC3)c2ccccc2c1=O. The van der Waals surface area contributed by atoms with E-state index in [2.05, 4.69) is 20.6 Å². The molecule has 0 bridgehead atoms. The van der Waals surface area contributed by atoms with Crippen LogP contribution in [-0.4, -0.2) is 30.5 Å². The quantitative estimate of drug-likeness (QED) is 0.752. The van der Waals surface area contributed by atoms with Crippen LogP contribution in [0.15, 0.2) is 29.1 Å². The molecule has 8 nitrogen and oxygen atoms in total. The summed E-state index contributed by atoms with van der Waals surface area (Å²) in [4.78, 5) is 24.7. The molecule has 0 saturated heterocycles. The standard InChI is InChI=1S/C16H16N6O2/c1-21-16(24)11-6-3-2-5-10(11)14(20-21)15(23)17-9-13-19-18-12-7-4-8-22(12)13/h2-3,5-6H,4,7-9H2,1H3,(H,17,23). The Balaban J connectivity index is 1.64. The molecule has 0 spiro atoms. The summed E-state index contributed by atoms with van der Waals surface area (Å²) < 4.78 is 3.22. The summed E-state index contributed by atoms with van der Waals surface area (Å²) >= 11 is 0. The van der Waals surface area contributed by atoms with E-state index in [1.165, 1.54) is 11.7 Å². The van der Waals surface area contributed by atoms with Gasteiger partial charge in [-0.25, -0.2) is 4.68 Å². The van der Waals surface area contributed by atoms with Gasteiger partial charge in [0, 0.05) is 25.4 Å². The molecule has 1 aliphatic rings. The van der Waals surface area contributed by atoms with Gasteiger partial charge in [0.15, 0.2) is 11.5 Å². The molecule has 122 valence electrons. The highest BCUT2D eigenvalue weighted by Gasteiger charge is 2.19. The first kappa shape index (κ1) is 14.6. The van der Waals surface area contributed by atoms with Crippen molar-refractivity contribution in [2.45, 2.75) is 25.9 Å². The van der Waals surface area contributed by atoms with Crippen LogP contribution in [0.25, 0.3) is 10.8 Å². The number of hydrogen-bond donors (Lipinski definition) is 1. The van der Waals surface area contributed by atoms with Gasteiger partial charge < -0.3 is 9.88 Å². The van der Waals surface area contributed by atoms with Crippen LogP contribution in [0.1, 0.15) is 28.6 Å². The fourth-order valence-electron chi connectivity index (χ4n) is 3.05. The molecule has 0 fully saturated rings. The van der Waals surface area contributed by atoms with Crippen molar-refractivity contribution in [3.05, 3.63) is 52.0 Å². The number of hydrogen-bond acceptors (Lipinski definition) is 5. The van der Waals surface area contributed by atoms with Gasteiger partial charge in [-0.3, -0.25) is 9.59 Å². The molecule has 0 aliphatic carbocycles. The molecule has 4 rings (SSSR count). The van der Waals surface area contributed by atoms with Crippen LogP contribution in [0.2, 0.25) is 0 Å². The molecule has 1 aliphatic heterocycles. The smallest absolute Gasteiger partial charge is 0.274 e. The Hall–Kier alpha value is -3.03. The number of nitrogens with zero attached hydrogens (tertiary/aromatic N) is 5. The number of carbonyl (C=O) groups excluding carboxylic acids is 1. The minimum atomic E-state index is -0.336. The van der Waals surface area contributed by atoms with Crippen molar-refractivity contribution in [3.63, 3.8) is 0 Å². The molecule has 1 N–H and O–H groups in total. The summed E-state index contributed by atoms with van der Waals surface area (Å²) in [6.07, 6.45) is 1.98. The second-order valence-electron chi connectivity index (χ2n) is 5.79. The van der Waals surface area contributed by atoms with Crippen LogP contribution in [-0.2, 0) is 26.6 Å². The van der Waals surface area contributed by atoms with Crippen molar-refractivity contribution in [2.24, 2.45) is 7.05 Å². The molecular weight excluding hydrogens is 308 g/mol. The molecule has 24 heavy (non-hydrogen) atoms. The minimum Gasteiger partial charge on any atom is -0.343 e. The number of aromatic nitrogens is 5.